The van der Waals surface area contributed by atoms with Gasteiger partial charge < -0.3 is 4.74 Å². The maximum atomic E-state index is 8.49. The molecule has 0 aromatic carbocycles. The van der Waals surface area contributed by atoms with E-state index in [1.54, 1.807) is 0 Å². The van der Waals surface area contributed by atoms with Gasteiger partial charge in [-0.15, -0.1) is 20.5 Å². The van der Waals surface area contributed by atoms with E-state index in [2.05, 4.69) is 30.4 Å². The molecule has 0 aromatic heterocycles. The first-order valence-corrected chi connectivity index (χ1v) is 11.2. The van der Waals surface area contributed by atoms with Crippen LogP contribution in [0.2, 0.25) is 0 Å². The smallest absolute Gasteiger partial charge is 0.377 e. The molecule has 0 saturated carbocycles. The molecule has 0 aromatic rings. The Morgan fingerprint density at radius 1 is 0.793 bits per heavy atom. The molecular formula is C17H26Cl2O9Pd. The summed E-state index contributed by atoms with van der Waals surface area (Å²) < 4.78 is 73.7. The summed E-state index contributed by atoms with van der Waals surface area (Å²) in [5.41, 5.74) is 1.53. The van der Waals surface area contributed by atoms with Crippen LogP contribution in [0.5, 0.6) is 0 Å². The number of hydrogen-bond acceptors (Lipinski definition) is 9. The summed E-state index contributed by atoms with van der Waals surface area (Å²) >= 11 is 0. The van der Waals surface area contributed by atoms with Gasteiger partial charge in [-0.3, -0.25) is 0 Å². The van der Waals surface area contributed by atoms with Gasteiger partial charge in [0.15, 0.2) is 0 Å². The number of hydrogen-bond donors (Lipinski definition) is 0. The van der Waals surface area contributed by atoms with Gasteiger partial charge in [-0.1, -0.05) is 43.2 Å². The minimum atomic E-state index is -4.94. The van der Waals surface area contributed by atoms with Crippen molar-refractivity contribution in [3.63, 3.8) is 0 Å². The van der Waals surface area contributed by atoms with E-state index < -0.39 is 20.5 Å². The average molecular weight is 552 g/mol. The normalized spacial score (nSPS) is 22.7. The molecule has 29 heavy (non-hydrogen) atoms. The van der Waals surface area contributed by atoms with E-state index in [9.17, 15) is 0 Å². The van der Waals surface area contributed by atoms with E-state index in [1.807, 2.05) is 7.11 Å². The molecule has 0 bridgehead atoms. The topological polar surface area (TPSA) is 194 Å². The Balaban J connectivity index is 0. The van der Waals surface area contributed by atoms with Gasteiger partial charge in [0.25, 0.3) is 0 Å². The van der Waals surface area contributed by atoms with Crippen molar-refractivity contribution in [2.24, 2.45) is 5.92 Å². The molecule has 0 saturated heterocycles. The Morgan fingerprint density at radius 2 is 1.34 bits per heavy atom. The monoisotopic (exact) mass is 550 g/mol. The third-order valence-corrected chi connectivity index (χ3v) is 4.06. The fourth-order valence-corrected chi connectivity index (χ4v) is 3.00. The van der Waals surface area contributed by atoms with Crippen LogP contribution >= 0.6 is 0 Å². The Kier molecular flexibility index (Phi) is 18.1. The van der Waals surface area contributed by atoms with Crippen LogP contribution in [0.1, 0.15) is 51.4 Å². The van der Waals surface area contributed by atoms with E-state index >= 15 is 0 Å². The Bertz CT molecular complexity index is 478. The van der Waals surface area contributed by atoms with Crippen molar-refractivity contribution in [2.75, 3.05) is 7.11 Å². The molecule has 2 unspecified atom stereocenters. The number of ether oxygens (including phenoxy) is 1. The van der Waals surface area contributed by atoms with Crippen LogP contribution in [-0.2, 0) is 25.2 Å². The summed E-state index contributed by atoms with van der Waals surface area (Å²) in [6, 6.07) is 0. The van der Waals surface area contributed by atoms with E-state index in [0.29, 0.717) is 12.0 Å². The van der Waals surface area contributed by atoms with Gasteiger partial charge in [0.1, 0.15) is 0 Å². The van der Waals surface area contributed by atoms with Gasteiger partial charge in [0, 0.05) is 13.0 Å². The van der Waals surface area contributed by atoms with Gasteiger partial charge >= 0.3 is 20.4 Å². The minimum Gasteiger partial charge on any atom is -0.377 e. The van der Waals surface area contributed by atoms with Gasteiger partial charge in [-0.05, 0) is 44.1 Å². The van der Waals surface area contributed by atoms with Crippen molar-refractivity contribution in [3.05, 3.63) is 36.0 Å². The average Bonchev–Trinajstić information content (AvgIpc) is 2.45. The maximum Gasteiger partial charge on any atom is 2.00 e. The molecule has 0 radical (unpaired) electrons. The number of rotatable bonds is 2. The van der Waals surface area contributed by atoms with Crippen molar-refractivity contribution in [1.29, 1.82) is 0 Å². The second-order valence-electron chi connectivity index (χ2n) is 6.14. The van der Waals surface area contributed by atoms with Crippen molar-refractivity contribution in [1.82, 2.24) is 0 Å². The quantitative estimate of drug-likeness (QED) is 0.239. The van der Waals surface area contributed by atoms with Crippen LogP contribution in [0.15, 0.2) is 36.0 Å². The largest absolute Gasteiger partial charge is 2.00 e. The van der Waals surface area contributed by atoms with Crippen molar-refractivity contribution < 1.29 is 82.9 Å². The molecule has 0 N–H and O–H groups in total. The number of allylic oxidation sites excluding steroid dienone is 5. The van der Waals surface area contributed by atoms with Gasteiger partial charge in [-0.2, -0.15) is 0 Å². The Hall–Kier alpha value is 0.102. The van der Waals surface area contributed by atoms with E-state index in [0.717, 1.165) is 6.42 Å². The predicted molar refractivity (Wildman–Crippen MR) is 77.6 cm³/mol. The molecule has 2 atom stereocenters. The fraction of sp³-hybridized carbons (Fsp3) is 0.647. The summed E-state index contributed by atoms with van der Waals surface area (Å²) in [5.74, 6) is 0.560. The van der Waals surface area contributed by atoms with Crippen LogP contribution in [0.25, 0.3) is 0 Å². The second-order valence-corrected chi connectivity index (χ2v) is 7.65. The molecule has 0 heterocycles. The first kappa shape index (κ1) is 31.3. The molecule has 9 nitrogen and oxygen atoms in total. The maximum absolute atomic E-state index is 8.49. The molecule has 172 valence electrons. The molecule has 12 heteroatoms. The van der Waals surface area contributed by atoms with Crippen LogP contribution in [0.4, 0.5) is 0 Å². The van der Waals surface area contributed by atoms with Gasteiger partial charge in [0.2, 0.25) is 0 Å². The van der Waals surface area contributed by atoms with Crippen LogP contribution in [0, 0.1) is 26.4 Å². The second kappa shape index (κ2) is 16.8. The third-order valence-electron chi connectivity index (χ3n) is 4.06. The SMILES string of the molecule is COC1CCCCCC=C1C1C=CCCC=CC1.[O-][Cl+3]([O-])([O-])[O-].[O-][Cl+3]([O-])([O-])[O-].[Pd+2]. The van der Waals surface area contributed by atoms with Crippen molar-refractivity contribution in [2.45, 2.75) is 57.5 Å². The van der Waals surface area contributed by atoms with Crippen LogP contribution in [0.3, 0.4) is 0 Å². The summed E-state index contributed by atoms with van der Waals surface area (Å²) in [7, 11) is -8.03. The summed E-state index contributed by atoms with van der Waals surface area (Å²) in [6.45, 7) is 0. The zero-order valence-electron chi connectivity index (χ0n) is 15.9. The van der Waals surface area contributed by atoms with Crippen molar-refractivity contribution in [3.8, 4) is 0 Å². The van der Waals surface area contributed by atoms with Gasteiger partial charge in [-0.25, -0.2) is 37.3 Å². The minimum absolute atomic E-state index is 0. The van der Waals surface area contributed by atoms with E-state index in [1.165, 1.54) is 50.5 Å². The van der Waals surface area contributed by atoms with Crippen LogP contribution in [-0.4, -0.2) is 13.2 Å². The number of halogens is 2. The molecule has 0 spiro atoms. The molecule has 2 aliphatic carbocycles. The zero-order valence-corrected chi connectivity index (χ0v) is 19.0. The predicted octanol–water partition coefficient (Wildman–Crippen LogP) is -4.71. The van der Waals surface area contributed by atoms with Gasteiger partial charge in [0.05, 0.1) is 6.10 Å². The molecule has 0 fully saturated rings. The molecular weight excluding hydrogens is 526 g/mol. The van der Waals surface area contributed by atoms with Crippen molar-refractivity contribution >= 4 is 0 Å². The van der Waals surface area contributed by atoms with Crippen LogP contribution < -0.4 is 37.3 Å². The standard InChI is InChI=1S/C17H26O.2ClHO4.Pd/c1-18-17-14-10-6-5-9-13-16(17)15-11-7-3-2-4-8-12-15;2*2-1(3,4)5;/h3,7-8,12-13,15,17H,2,4-6,9-11,14H2,1H3;2*(H,2,3,4,5);/q;;;+2/p-2. The molecule has 0 aliphatic heterocycles. The first-order chi connectivity index (χ1) is 12.9. The molecule has 2 rings (SSSR count). The Morgan fingerprint density at radius 3 is 1.90 bits per heavy atom. The Labute approximate surface area is 189 Å². The fourth-order valence-electron chi connectivity index (χ4n) is 3.00. The van der Waals surface area contributed by atoms with E-state index in [4.69, 9.17) is 42.0 Å². The molecule has 0 amide bonds. The third kappa shape index (κ3) is 22.6. The zero-order chi connectivity index (χ0) is 21.6. The summed E-state index contributed by atoms with van der Waals surface area (Å²) in [4.78, 5) is 0. The number of methoxy groups -OCH3 is 1. The summed E-state index contributed by atoms with van der Waals surface area (Å²) in [6.07, 6.45) is 22.1. The first-order valence-electron chi connectivity index (χ1n) is 8.69. The van der Waals surface area contributed by atoms with E-state index in [-0.39, 0.29) is 20.4 Å². The summed E-state index contributed by atoms with van der Waals surface area (Å²) in [5, 5.41) is 0. The molecule has 2 aliphatic rings.